The summed E-state index contributed by atoms with van der Waals surface area (Å²) in [5.41, 5.74) is 4.31. The van der Waals surface area contributed by atoms with E-state index in [0.717, 1.165) is 5.92 Å². The van der Waals surface area contributed by atoms with E-state index in [9.17, 15) is 0 Å². The van der Waals surface area contributed by atoms with Gasteiger partial charge in [0.1, 0.15) is 0 Å². The second-order valence-corrected chi connectivity index (χ2v) is 6.50. The third-order valence-electron chi connectivity index (χ3n) is 4.18. The van der Waals surface area contributed by atoms with Crippen LogP contribution in [0, 0.1) is 6.92 Å². The smallest absolute Gasteiger partial charge is 0.0302 e. The third-order valence-corrected chi connectivity index (χ3v) is 4.88. The van der Waals surface area contributed by atoms with Gasteiger partial charge in [-0.3, -0.25) is 0 Å². The molecule has 1 nitrogen and oxygen atoms in total. The fourth-order valence-electron chi connectivity index (χ4n) is 2.92. The second-order valence-electron chi connectivity index (χ2n) is 5.72. The minimum absolute atomic E-state index is 0.481. The Hall–Kier alpha value is -1.12. The van der Waals surface area contributed by atoms with Crippen molar-refractivity contribution in [2.75, 3.05) is 0 Å². The Morgan fingerprint density at radius 2 is 2.11 bits per heavy atom. The maximum Gasteiger partial charge on any atom is 0.0302 e. The lowest BCUT2D eigenvalue weighted by Crippen LogP contribution is -2.41. The van der Waals surface area contributed by atoms with Crippen LogP contribution in [0.25, 0.3) is 0 Å². The Labute approximate surface area is 119 Å². The number of hydrogen-bond donors (Lipinski definition) is 1. The molecule has 1 aliphatic rings. The highest BCUT2D eigenvalue weighted by atomic mass is 32.1. The van der Waals surface area contributed by atoms with Gasteiger partial charge in [-0.25, -0.2) is 0 Å². The zero-order valence-electron chi connectivity index (χ0n) is 11.6. The van der Waals surface area contributed by atoms with Gasteiger partial charge in [0.15, 0.2) is 0 Å². The van der Waals surface area contributed by atoms with E-state index >= 15 is 0 Å². The molecule has 1 aromatic heterocycles. The molecule has 1 aliphatic carbocycles. The minimum atomic E-state index is 0.481. The summed E-state index contributed by atoms with van der Waals surface area (Å²) in [5, 5.41) is 8.14. The number of rotatable bonds is 4. The average molecular weight is 271 g/mol. The summed E-state index contributed by atoms with van der Waals surface area (Å²) >= 11 is 1.78. The average Bonchev–Trinajstić information content (AvgIpc) is 2.86. The minimum Gasteiger partial charge on any atom is -0.307 e. The molecule has 2 aromatic rings. The van der Waals surface area contributed by atoms with Gasteiger partial charge in [-0.1, -0.05) is 29.8 Å². The van der Waals surface area contributed by atoms with E-state index in [-0.39, 0.29) is 0 Å². The number of benzene rings is 1. The first-order chi connectivity index (χ1) is 9.22. The standard InChI is InChI=1S/C17H21NS/c1-12-4-3-5-14(8-12)16-9-17(10-16)18-13(2)15-6-7-19-11-15/h3-8,11,13,16-18H,9-10H2,1-2H3. The first kappa shape index (κ1) is 12.9. The van der Waals surface area contributed by atoms with Crippen LogP contribution in [-0.2, 0) is 0 Å². The van der Waals surface area contributed by atoms with Crippen molar-refractivity contribution < 1.29 is 0 Å². The Kier molecular flexibility index (Phi) is 3.72. The molecular formula is C17H21NS. The van der Waals surface area contributed by atoms with Crippen LogP contribution in [0.3, 0.4) is 0 Å². The van der Waals surface area contributed by atoms with Crippen LogP contribution >= 0.6 is 11.3 Å². The fraction of sp³-hybridized carbons (Fsp3) is 0.412. The van der Waals surface area contributed by atoms with Gasteiger partial charge >= 0.3 is 0 Å². The number of hydrogen-bond acceptors (Lipinski definition) is 2. The first-order valence-corrected chi connectivity index (χ1v) is 8.01. The molecule has 2 heteroatoms. The maximum atomic E-state index is 3.74. The molecule has 0 spiro atoms. The summed E-state index contributed by atoms with van der Waals surface area (Å²) in [4.78, 5) is 0. The van der Waals surface area contributed by atoms with Gasteiger partial charge in [0.05, 0.1) is 0 Å². The van der Waals surface area contributed by atoms with Crippen molar-refractivity contribution in [1.82, 2.24) is 5.32 Å². The Morgan fingerprint density at radius 3 is 2.79 bits per heavy atom. The lowest BCUT2D eigenvalue weighted by molar-refractivity contribution is 0.271. The predicted molar refractivity (Wildman–Crippen MR) is 82.8 cm³/mol. The van der Waals surface area contributed by atoms with Crippen LogP contribution in [0.5, 0.6) is 0 Å². The van der Waals surface area contributed by atoms with Crippen molar-refractivity contribution in [3.63, 3.8) is 0 Å². The van der Waals surface area contributed by atoms with Gasteiger partial charge < -0.3 is 5.32 Å². The van der Waals surface area contributed by atoms with Gasteiger partial charge in [0.2, 0.25) is 0 Å². The van der Waals surface area contributed by atoms with Gasteiger partial charge in [-0.2, -0.15) is 11.3 Å². The Morgan fingerprint density at radius 1 is 1.26 bits per heavy atom. The highest BCUT2D eigenvalue weighted by molar-refractivity contribution is 7.07. The molecule has 0 amide bonds. The Bertz CT molecular complexity index is 526. The van der Waals surface area contributed by atoms with Crippen molar-refractivity contribution in [3.8, 4) is 0 Å². The van der Waals surface area contributed by atoms with Gasteiger partial charge in [0, 0.05) is 12.1 Å². The SMILES string of the molecule is Cc1cccc(C2CC(NC(C)c3ccsc3)C2)c1. The molecule has 1 heterocycles. The van der Waals surface area contributed by atoms with Gasteiger partial charge in [-0.15, -0.1) is 0 Å². The zero-order chi connectivity index (χ0) is 13.2. The van der Waals surface area contributed by atoms with Crippen molar-refractivity contribution in [2.24, 2.45) is 0 Å². The van der Waals surface area contributed by atoms with Crippen LogP contribution < -0.4 is 5.32 Å². The number of aryl methyl sites for hydroxylation is 1. The fourth-order valence-corrected chi connectivity index (χ4v) is 3.68. The van der Waals surface area contributed by atoms with Crippen molar-refractivity contribution >= 4 is 11.3 Å². The van der Waals surface area contributed by atoms with Crippen LogP contribution in [0.15, 0.2) is 41.1 Å². The zero-order valence-corrected chi connectivity index (χ0v) is 12.4. The summed E-state index contributed by atoms with van der Waals surface area (Å²) in [7, 11) is 0. The molecule has 1 unspecified atom stereocenters. The highest BCUT2D eigenvalue weighted by Crippen LogP contribution is 2.38. The van der Waals surface area contributed by atoms with Gasteiger partial charge in [-0.05, 0) is 60.6 Å². The maximum absolute atomic E-state index is 3.74. The van der Waals surface area contributed by atoms with Crippen molar-refractivity contribution in [3.05, 3.63) is 57.8 Å². The largest absolute Gasteiger partial charge is 0.307 e. The second kappa shape index (κ2) is 5.48. The van der Waals surface area contributed by atoms with E-state index in [4.69, 9.17) is 0 Å². The summed E-state index contributed by atoms with van der Waals surface area (Å²) < 4.78 is 0. The van der Waals surface area contributed by atoms with E-state index in [1.807, 2.05) is 0 Å². The van der Waals surface area contributed by atoms with Crippen molar-refractivity contribution in [1.29, 1.82) is 0 Å². The monoisotopic (exact) mass is 271 g/mol. The molecule has 0 saturated heterocycles. The van der Waals surface area contributed by atoms with Crippen LogP contribution in [0.2, 0.25) is 0 Å². The molecule has 100 valence electrons. The number of nitrogens with one attached hydrogen (secondary N) is 1. The van der Waals surface area contributed by atoms with E-state index in [1.54, 1.807) is 11.3 Å². The van der Waals surface area contributed by atoms with Gasteiger partial charge in [0.25, 0.3) is 0 Å². The first-order valence-electron chi connectivity index (χ1n) is 7.07. The highest BCUT2D eigenvalue weighted by Gasteiger charge is 2.31. The molecule has 1 fully saturated rings. The normalized spacial score (nSPS) is 23.9. The molecule has 1 N–H and O–H groups in total. The molecular weight excluding hydrogens is 250 g/mol. The molecule has 0 radical (unpaired) electrons. The lowest BCUT2D eigenvalue weighted by atomic mass is 9.75. The molecule has 19 heavy (non-hydrogen) atoms. The van der Waals surface area contributed by atoms with E-state index in [1.165, 1.54) is 29.5 Å². The number of thiophene rings is 1. The summed E-state index contributed by atoms with van der Waals surface area (Å²) in [6.45, 7) is 4.44. The molecule has 1 atom stereocenters. The van der Waals surface area contributed by atoms with Crippen LogP contribution in [0.1, 0.15) is 48.4 Å². The van der Waals surface area contributed by atoms with Crippen LogP contribution in [0.4, 0.5) is 0 Å². The van der Waals surface area contributed by atoms with E-state index in [2.05, 4.69) is 60.3 Å². The molecule has 0 bridgehead atoms. The molecule has 0 aliphatic heterocycles. The molecule has 1 aromatic carbocycles. The third kappa shape index (κ3) is 2.90. The lowest BCUT2D eigenvalue weighted by Gasteiger charge is -2.38. The topological polar surface area (TPSA) is 12.0 Å². The quantitative estimate of drug-likeness (QED) is 0.853. The van der Waals surface area contributed by atoms with E-state index in [0.29, 0.717) is 12.1 Å². The summed E-state index contributed by atoms with van der Waals surface area (Å²) in [6.07, 6.45) is 2.55. The Balaban J connectivity index is 1.53. The van der Waals surface area contributed by atoms with Crippen LogP contribution in [-0.4, -0.2) is 6.04 Å². The van der Waals surface area contributed by atoms with E-state index < -0.39 is 0 Å². The predicted octanol–water partition coefficient (Wildman–Crippen LogP) is 4.65. The summed E-state index contributed by atoms with van der Waals surface area (Å²) in [6, 6.07) is 12.4. The molecule has 1 saturated carbocycles. The summed E-state index contributed by atoms with van der Waals surface area (Å²) in [5.74, 6) is 0.757. The van der Waals surface area contributed by atoms with Crippen molar-refractivity contribution in [2.45, 2.75) is 44.7 Å². The molecule has 3 rings (SSSR count).